The van der Waals surface area contributed by atoms with Crippen molar-refractivity contribution < 1.29 is 80.2 Å². The number of phosphoric acid groups is 2. The number of aliphatic hydroxyl groups excluding tert-OH is 1. The highest BCUT2D eigenvalue weighted by atomic mass is 31.2. The lowest BCUT2D eigenvalue weighted by molar-refractivity contribution is -0.161. The Hall–Kier alpha value is -5.84. The average Bonchev–Trinajstić information content (AvgIpc) is 0.900. The molecule has 0 fully saturated rings. The molecule has 2 unspecified atom stereocenters. The van der Waals surface area contributed by atoms with Crippen molar-refractivity contribution in [3.63, 3.8) is 0 Å². The summed E-state index contributed by atoms with van der Waals surface area (Å²) >= 11 is 0. The first-order chi connectivity index (χ1) is 53.7. The van der Waals surface area contributed by atoms with Crippen molar-refractivity contribution >= 4 is 39.5 Å². The molecule has 624 valence electrons. The third-order valence-corrected chi connectivity index (χ3v) is 18.8. The lowest BCUT2D eigenvalue weighted by atomic mass is 10.0. The van der Waals surface area contributed by atoms with E-state index in [1.165, 1.54) is 70.6 Å². The minimum atomic E-state index is -5.02. The van der Waals surface area contributed by atoms with Crippen LogP contribution >= 0.6 is 15.6 Å². The second-order valence-corrected chi connectivity index (χ2v) is 30.2. The van der Waals surface area contributed by atoms with Crippen molar-refractivity contribution in [2.75, 3.05) is 39.6 Å². The van der Waals surface area contributed by atoms with Gasteiger partial charge in [-0.1, -0.05) is 313 Å². The van der Waals surface area contributed by atoms with Crippen molar-refractivity contribution in [2.45, 2.75) is 329 Å². The van der Waals surface area contributed by atoms with E-state index in [2.05, 4.69) is 192 Å². The third-order valence-electron chi connectivity index (χ3n) is 16.9. The van der Waals surface area contributed by atoms with E-state index in [0.717, 1.165) is 154 Å². The van der Waals surface area contributed by atoms with Gasteiger partial charge in [0, 0.05) is 25.7 Å². The molecular formula is C91H148O17P2. The number of carbonyl (C=O) groups is 4. The summed E-state index contributed by atoms with van der Waals surface area (Å²) in [6, 6.07) is 0. The molecule has 0 saturated heterocycles. The largest absolute Gasteiger partial charge is 0.472 e. The number of ether oxygens (including phenoxy) is 4. The number of aliphatic hydroxyl groups is 1. The summed E-state index contributed by atoms with van der Waals surface area (Å²) in [6.45, 7) is 4.46. The number of hydrogen-bond donors (Lipinski definition) is 3. The molecule has 0 aliphatic carbocycles. The zero-order chi connectivity index (χ0) is 80.3. The molecule has 0 radical (unpaired) electrons. The van der Waals surface area contributed by atoms with Gasteiger partial charge in [-0.05, 0) is 154 Å². The Morgan fingerprint density at radius 1 is 0.264 bits per heavy atom. The van der Waals surface area contributed by atoms with Crippen molar-refractivity contribution in [2.24, 2.45) is 0 Å². The maximum absolute atomic E-state index is 13.1. The lowest BCUT2D eigenvalue weighted by Gasteiger charge is -2.21. The van der Waals surface area contributed by atoms with Crippen LogP contribution in [0.5, 0.6) is 0 Å². The van der Waals surface area contributed by atoms with E-state index in [4.69, 9.17) is 37.0 Å². The van der Waals surface area contributed by atoms with E-state index >= 15 is 0 Å². The molecule has 0 aromatic heterocycles. The van der Waals surface area contributed by atoms with Crippen LogP contribution in [0.3, 0.4) is 0 Å². The first-order valence-corrected chi connectivity index (χ1v) is 45.0. The van der Waals surface area contributed by atoms with Gasteiger partial charge in [0.2, 0.25) is 0 Å². The number of esters is 4. The molecule has 19 heteroatoms. The van der Waals surface area contributed by atoms with Crippen LogP contribution in [-0.2, 0) is 65.4 Å². The number of allylic oxidation sites excluding steroid dienone is 30. The minimum absolute atomic E-state index is 0.0432. The fourth-order valence-corrected chi connectivity index (χ4v) is 12.1. The highest BCUT2D eigenvalue weighted by molar-refractivity contribution is 7.47. The minimum Gasteiger partial charge on any atom is -0.462 e. The summed E-state index contributed by atoms with van der Waals surface area (Å²) in [5.74, 6) is -2.35. The van der Waals surface area contributed by atoms with Gasteiger partial charge in [0.15, 0.2) is 12.2 Å². The molecule has 0 saturated carbocycles. The van der Waals surface area contributed by atoms with Crippen molar-refractivity contribution in [1.29, 1.82) is 0 Å². The Bertz CT molecular complexity index is 2800. The highest BCUT2D eigenvalue weighted by Crippen LogP contribution is 2.45. The van der Waals surface area contributed by atoms with Crippen LogP contribution in [0.4, 0.5) is 0 Å². The number of hydrogen-bond acceptors (Lipinski definition) is 15. The highest BCUT2D eigenvalue weighted by Gasteiger charge is 2.30. The quantitative estimate of drug-likeness (QED) is 0.0169. The SMILES string of the molecule is CC/C=C\C/C=C\C/C=C\C/C=C\C/C=C\CCCCCC(=O)OC[C@H](COP(=O)(O)OC[C@@H](O)COP(=O)(O)OC[C@@H](COC(=O)CCCCC/C=C\C/C=C\C/C=C\C/C=C\C/C=C\CC)OC(=O)CCCCCCCCCCCCCCC)OC(=O)CC/C=C\C/C=C\C/C=C\C/C=C\C/C=C\CCCCC. The maximum atomic E-state index is 13.1. The Morgan fingerprint density at radius 3 is 0.800 bits per heavy atom. The maximum Gasteiger partial charge on any atom is 0.472 e. The Balaban J connectivity index is 5.51. The summed E-state index contributed by atoms with van der Waals surface area (Å²) < 4.78 is 68.6. The standard InChI is InChI=1S/C91H148O17P2/c1-5-9-13-17-21-25-29-33-36-39-42-45-48-52-55-59-63-67-71-75-88(93)101-81-86(107-90(95)77-73-69-65-61-57-51-32-28-24-20-16-12-8-4)83-105-109(97,98)103-79-85(92)80-104-110(99,100)106-84-87(108-91(96)78-74-70-66-62-58-54-50-47-44-41-38-35-31-27-23-19-15-11-7-3)82-102-89(94)76-72-68-64-60-56-53-49-46-43-40-37-34-30-26-22-18-14-10-6-2/h9-10,13-14,21-23,25-27,33-38,42-47,52-56,58,66,70,85-87,92H,5-8,11-12,15-20,24,28-32,39-41,48-51,57,59-65,67-69,71-84H2,1-4H3,(H,97,98)(H,99,100)/b13-9-,14-10-,25-21-,26-22-,27-23-,36-33-,37-34-,38-35-,45-42-,46-43-,47-44-,55-52-,56-53-,58-54-,70-66-/t85-,86+,87+/m0/s1. The van der Waals surface area contributed by atoms with Crippen LogP contribution in [0, 0.1) is 0 Å². The smallest absolute Gasteiger partial charge is 0.462 e. The molecule has 0 bridgehead atoms. The zero-order valence-corrected chi connectivity index (χ0v) is 70.1. The second-order valence-electron chi connectivity index (χ2n) is 27.3. The van der Waals surface area contributed by atoms with Gasteiger partial charge < -0.3 is 33.8 Å². The van der Waals surface area contributed by atoms with E-state index in [1.54, 1.807) is 0 Å². The summed E-state index contributed by atoms with van der Waals surface area (Å²) in [5.41, 5.74) is 0. The Morgan fingerprint density at radius 2 is 0.491 bits per heavy atom. The Labute approximate surface area is 666 Å². The summed E-state index contributed by atoms with van der Waals surface area (Å²) in [5, 5.41) is 10.7. The molecule has 0 aliphatic rings. The van der Waals surface area contributed by atoms with Gasteiger partial charge in [-0.25, -0.2) is 9.13 Å². The van der Waals surface area contributed by atoms with Crippen LogP contribution < -0.4 is 0 Å². The molecule has 17 nitrogen and oxygen atoms in total. The second kappa shape index (κ2) is 81.2. The Kier molecular flexibility index (Phi) is 76.9. The van der Waals surface area contributed by atoms with Gasteiger partial charge in [-0.2, -0.15) is 0 Å². The van der Waals surface area contributed by atoms with Gasteiger partial charge in [-0.15, -0.1) is 0 Å². The molecule has 3 N–H and O–H groups in total. The van der Waals surface area contributed by atoms with Gasteiger partial charge in [0.05, 0.1) is 26.4 Å². The predicted octanol–water partition coefficient (Wildman–Crippen LogP) is 25.1. The van der Waals surface area contributed by atoms with Gasteiger partial charge in [-0.3, -0.25) is 37.3 Å². The van der Waals surface area contributed by atoms with E-state index in [1.807, 2.05) is 18.2 Å². The third kappa shape index (κ3) is 80.2. The number of carbonyl (C=O) groups excluding carboxylic acids is 4. The number of phosphoric ester groups is 2. The lowest BCUT2D eigenvalue weighted by Crippen LogP contribution is -2.30. The van der Waals surface area contributed by atoms with Crippen molar-refractivity contribution in [3.8, 4) is 0 Å². The van der Waals surface area contributed by atoms with Crippen LogP contribution in [-0.4, -0.2) is 96.7 Å². The normalized spacial score (nSPS) is 14.7. The molecule has 0 aromatic rings. The molecule has 110 heavy (non-hydrogen) atoms. The molecular weight excluding hydrogens is 1430 g/mol. The van der Waals surface area contributed by atoms with Crippen LogP contribution in [0.1, 0.15) is 310 Å². The molecule has 5 atom stereocenters. The number of rotatable bonds is 77. The average molecular weight is 1580 g/mol. The summed E-state index contributed by atoms with van der Waals surface area (Å²) in [4.78, 5) is 73.2. The van der Waals surface area contributed by atoms with Crippen LogP contribution in [0.15, 0.2) is 182 Å². The van der Waals surface area contributed by atoms with Gasteiger partial charge >= 0.3 is 39.5 Å². The molecule has 0 heterocycles. The molecule has 0 aromatic carbocycles. The molecule has 0 spiro atoms. The van der Waals surface area contributed by atoms with Crippen LogP contribution in [0.2, 0.25) is 0 Å². The number of unbranched alkanes of at least 4 members (excludes halogenated alkanes) is 21. The fourth-order valence-electron chi connectivity index (χ4n) is 10.5. The zero-order valence-electron chi connectivity index (χ0n) is 68.4. The monoisotopic (exact) mass is 1580 g/mol. The van der Waals surface area contributed by atoms with E-state index in [0.29, 0.717) is 32.1 Å². The first kappa shape index (κ1) is 104. The fraction of sp³-hybridized carbons (Fsp3) is 0.626. The topological polar surface area (TPSA) is 237 Å². The molecule has 0 aliphatic heterocycles. The predicted molar refractivity (Wildman–Crippen MR) is 454 cm³/mol. The summed E-state index contributed by atoms with van der Waals surface area (Å²) in [6.07, 6.45) is 98.8. The summed E-state index contributed by atoms with van der Waals surface area (Å²) in [7, 11) is -10.0. The van der Waals surface area contributed by atoms with E-state index in [9.17, 15) is 43.2 Å². The molecule has 0 amide bonds. The van der Waals surface area contributed by atoms with Crippen molar-refractivity contribution in [1.82, 2.24) is 0 Å². The van der Waals surface area contributed by atoms with E-state index < -0.39 is 97.5 Å². The molecule has 0 rings (SSSR count). The first-order valence-electron chi connectivity index (χ1n) is 42.0. The van der Waals surface area contributed by atoms with Crippen molar-refractivity contribution in [3.05, 3.63) is 182 Å². The van der Waals surface area contributed by atoms with Gasteiger partial charge in [0.25, 0.3) is 0 Å². The van der Waals surface area contributed by atoms with E-state index in [-0.39, 0.29) is 25.7 Å². The van der Waals surface area contributed by atoms with Gasteiger partial charge in [0.1, 0.15) is 19.3 Å². The van der Waals surface area contributed by atoms with Crippen LogP contribution in [0.25, 0.3) is 0 Å².